The van der Waals surface area contributed by atoms with Gasteiger partial charge < -0.3 is 9.79 Å². The van der Waals surface area contributed by atoms with Crippen molar-refractivity contribution in [3.8, 4) is 0 Å². The van der Waals surface area contributed by atoms with Gasteiger partial charge in [-0.3, -0.25) is 9.12 Å². The summed E-state index contributed by atoms with van der Waals surface area (Å²) >= 11 is 0. The second-order valence-corrected chi connectivity index (χ2v) is 6.21. The molecular formula is C7H7F2O6PS. The highest BCUT2D eigenvalue weighted by Gasteiger charge is 2.24. The number of halogens is 2. The Morgan fingerprint density at radius 1 is 1.18 bits per heavy atom. The third-order valence-corrected chi connectivity index (χ3v) is 3.45. The maximum absolute atomic E-state index is 12.8. The van der Waals surface area contributed by atoms with Gasteiger partial charge in [-0.15, -0.1) is 0 Å². The van der Waals surface area contributed by atoms with Gasteiger partial charge in [-0.1, -0.05) is 0 Å². The SMILES string of the molecule is O=P(O)(O)Cc1cc(F)c(F)cc1S(=O)(=O)O. The summed E-state index contributed by atoms with van der Waals surface area (Å²) in [6, 6.07) is 0.479. The van der Waals surface area contributed by atoms with Crippen LogP contribution in [0.15, 0.2) is 17.0 Å². The zero-order valence-electron chi connectivity index (χ0n) is 8.04. The minimum absolute atomic E-state index is 0.162. The van der Waals surface area contributed by atoms with Crippen LogP contribution in [0.1, 0.15) is 5.56 Å². The van der Waals surface area contributed by atoms with Gasteiger partial charge in [0.05, 0.1) is 6.16 Å². The molecule has 0 bridgehead atoms. The molecule has 0 saturated carbocycles. The molecule has 0 saturated heterocycles. The van der Waals surface area contributed by atoms with Crippen molar-refractivity contribution in [2.75, 3.05) is 0 Å². The lowest BCUT2D eigenvalue weighted by Crippen LogP contribution is -2.06. The second kappa shape index (κ2) is 4.43. The first-order chi connectivity index (χ1) is 7.50. The maximum Gasteiger partial charge on any atom is 0.329 e. The molecule has 0 unspecified atom stereocenters. The molecule has 0 aliphatic rings. The van der Waals surface area contributed by atoms with Crippen LogP contribution in [0.3, 0.4) is 0 Å². The lowest BCUT2D eigenvalue weighted by molar-refractivity contribution is 0.371. The standard InChI is InChI=1S/C7H7F2O6PS/c8-5-1-4(3-16(10,11)12)7(2-6(5)9)17(13,14)15/h1-2H,3H2,(H2,10,11,12)(H,13,14,15). The van der Waals surface area contributed by atoms with Gasteiger partial charge in [-0.05, 0) is 17.7 Å². The summed E-state index contributed by atoms with van der Waals surface area (Å²) in [5.74, 6) is -3.02. The number of hydrogen-bond acceptors (Lipinski definition) is 3. The van der Waals surface area contributed by atoms with Crippen molar-refractivity contribution in [1.29, 1.82) is 0 Å². The van der Waals surface area contributed by atoms with Crippen LogP contribution in [-0.2, 0) is 20.8 Å². The van der Waals surface area contributed by atoms with Crippen LogP contribution in [0.4, 0.5) is 8.78 Å². The molecular weight excluding hydrogens is 281 g/mol. The zero-order valence-corrected chi connectivity index (χ0v) is 9.75. The van der Waals surface area contributed by atoms with E-state index in [1.54, 1.807) is 0 Å². The van der Waals surface area contributed by atoms with Crippen molar-refractivity contribution >= 4 is 17.7 Å². The van der Waals surface area contributed by atoms with E-state index in [9.17, 15) is 21.8 Å². The molecule has 1 aromatic carbocycles. The summed E-state index contributed by atoms with van der Waals surface area (Å²) in [5, 5.41) is 0. The van der Waals surface area contributed by atoms with E-state index in [1.807, 2.05) is 0 Å². The Labute approximate surface area is 94.8 Å². The fourth-order valence-corrected chi connectivity index (χ4v) is 2.68. The summed E-state index contributed by atoms with van der Waals surface area (Å²) < 4.78 is 66.6. The fraction of sp³-hybridized carbons (Fsp3) is 0.143. The van der Waals surface area contributed by atoms with Crippen LogP contribution >= 0.6 is 7.60 Å². The minimum Gasteiger partial charge on any atom is -0.324 e. The molecule has 17 heavy (non-hydrogen) atoms. The van der Waals surface area contributed by atoms with Crippen LogP contribution in [-0.4, -0.2) is 22.8 Å². The highest BCUT2D eigenvalue weighted by molar-refractivity contribution is 7.86. The van der Waals surface area contributed by atoms with E-state index in [0.717, 1.165) is 0 Å². The molecule has 10 heteroatoms. The largest absolute Gasteiger partial charge is 0.329 e. The molecule has 0 aliphatic carbocycles. The van der Waals surface area contributed by atoms with Crippen molar-refractivity contribution in [2.24, 2.45) is 0 Å². The average molecular weight is 288 g/mol. The fourth-order valence-electron chi connectivity index (χ4n) is 1.16. The van der Waals surface area contributed by atoms with E-state index < -0.39 is 46.0 Å². The van der Waals surface area contributed by atoms with Gasteiger partial charge in [-0.25, -0.2) is 8.78 Å². The van der Waals surface area contributed by atoms with E-state index in [0.29, 0.717) is 6.07 Å². The molecule has 0 aromatic heterocycles. The number of benzene rings is 1. The smallest absolute Gasteiger partial charge is 0.324 e. The summed E-state index contributed by atoms with van der Waals surface area (Å²) in [4.78, 5) is 16.2. The van der Waals surface area contributed by atoms with E-state index in [2.05, 4.69) is 0 Å². The average Bonchev–Trinajstić information content (AvgIpc) is 2.06. The van der Waals surface area contributed by atoms with Crippen molar-refractivity contribution in [3.63, 3.8) is 0 Å². The molecule has 0 amide bonds. The lowest BCUT2D eigenvalue weighted by Gasteiger charge is -2.09. The monoisotopic (exact) mass is 288 g/mol. The Kier molecular flexibility index (Phi) is 3.70. The molecule has 0 radical (unpaired) electrons. The van der Waals surface area contributed by atoms with Gasteiger partial charge in [0.15, 0.2) is 11.6 Å². The maximum atomic E-state index is 12.8. The molecule has 1 rings (SSSR count). The zero-order chi connectivity index (χ0) is 13.4. The third kappa shape index (κ3) is 3.83. The van der Waals surface area contributed by atoms with Gasteiger partial charge in [0.25, 0.3) is 10.1 Å². The van der Waals surface area contributed by atoms with Crippen LogP contribution < -0.4 is 0 Å². The molecule has 1 aromatic rings. The Morgan fingerprint density at radius 3 is 2.06 bits per heavy atom. The van der Waals surface area contributed by atoms with Crippen molar-refractivity contribution in [3.05, 3.63) is 29.3 Å². The third-order valence-electron chi connectivity index (χ3n) is 1.76. The van der Waals surface area contributed by atoms with Crippen LogP contribution in [0.5, 0.6) is 0 Å². The van der Waals surface area contributed by atoms with Crippen molar-refractivity contribution in [1.82, 2.24) is 0 Å². The molecule has 0 fully saturated rings. The summed E-state index contributed by atoms with van der Waals surface area (Å²) in [5.41, 5.74) is -0.695. The first-order valence-electron chi connectivity index (χ1n) is 4.01. The number of rotatable bonds is 3. The Hall–Kier alpha value is -0.860. The molecule has 6 nitrogen and oxygen atoms in total. The summed E-state index contributed by atoms with van der Waals surface area (Å²) in [7, 11) is -9.58. The first-order valence-corrected chi connectivity index (χ1v) is 7.24. The Morgan fingerprint density at radius 2 is 1.65 bits per heavy atom. The van der Waals surface area contributed by atoms with Gasteiger partial charge in [0.2, 0.25) is 0 Å². The van der Waals surface area contributed by atoms with Gasteiger partial charge in [0.1, 0.15) is 4.90 Å². The number of hydrogen-bond donors (Lipinski definition) is 3. The first kappa shape index (κ1) is 14.2. The van der Waals surface area contributed by atoms with Crippen LogP contribution in [0.2, 0.25) is 0 Å². The van der Waals surface area contributed by atoms with E-state index in [-0.39, 0.29) is 6.07 Å². The van der Waals surface area contributed by atoms with Crippen molar-refractivity contribution < 1.29 is 36.1 Å². The highest BCUT2D eigenvalue weighted by atomic mass is 32.2. The molecule has 0 spiro atoms. The normalized spacial score (nSPS) is 12.8. The van der Waals surface area contributed by atoms with Gasteiger partial charge in [-0.2, -0.15) is 8.42 Å². The molecule has 0 aliphatic heterocycles. The molecule has 3 N–H and O–H groups in total. The quantitative estimate of drug-likeness (QED) is 0.562. The van der Waals surface area contributed by atoms with E-state index in [4.69, 9.17) is 14.3 Å². The molecule has 0 heterocycles. The second-order valence-electron chi connectivity index (χ2n) is 3.17. The van der Waals surface area contributed by atoms with Crippen LogP contribution in [0, 0.1) is 11.6 Å². The summed E-state index contributed by atoms with van der Waals surface area (Å²) in [6.45, 7) is 0. The predicted octanol–water partition coefficient (Wildman–Crippen LogP) is 0.889. The van der Waals surface area contributed by atoms with Crippen molar-refractivity contribution in [2.45, 2.75) is 11.1 Å². The summed E-state index contributed by atoms with van der Waals surface area (Å²) in [6.07, 6.45) is -1.13. The van der Waals surface area contributed by atoms with Gasteiger partial charge >= 0.3 is 7.60 Å². The Bertz CT molecular complexity index is 593. The lowest BCUT2D eigenvalue weighted by atomic mass is 10.2. The highest BCUT2D eigenvalue weighted by Crippen LogP contribution is 2.41. The van der Waals surface area contributed by atoms with E-state index in [1.165, 1.54) is 0 Å². The van der Waals surface area contributed by atoms with E-state index >= 15 is 0 Å². The Balaban J connectivity index is 3.48. The van der Waals surface area contributed by atoms with Gasteiger partial charge in [0, 0.05) is 0 Å². The molecule has 0 atom stereocenters. The minimum atomic E-state index is -4.90. The topological polar surface area (TPSA) is 112 Å². The molecule has 96 valence electrons. The predicted molar refractivity (Wildman–Crippen MR) is 51.9 cm³/mol. The van der Waals surface area contributed by atoms with Crippen LogP contribution in [0.25, 0.3) is 0 Å².